The normalized spacial score (nSPS) is 27.6. The van der Waals surface area contributed by atoms with Crippen LogP contribution in [0.2, 0.25) is 0 Å². The number of hydrogen-bond donors (Lipinski definition) is 1. The third kappa shape index (κ3) is 3.47. The van der Waals surface area contributed by atoms with Gasteiger partial charge in [0.05, 0.1) is 0 Å². The highest BCUT2D eigenvalue weighted by atomic mass is 19.1. The summed E-state index contributed by atoms with van der Waals surface area (Å²) in [5, 5.41) is 0. The molecular weight excluding hydrogens is 241 g/mol. The second kappa shape index (κ2) is 5.91. The molecule has 1 aliphatic rings. The van der Waals surface area contributed by atoms with E-state index in [1.807, 2.05) is 6.92 Å². The SMILES string of the molecule is Cc1ccc(F)cc1OC1CC(C(C)C)CCC1N. The van der Waals surface area contributed by atoms with Crippen LogP contribution in [0, 0.1) is 24.6 Å². The first-order valence-corrected chi connectivity index (χ1v) is 7.15. The molecule has 3 unspecified atom stereocenters. The van der Waals surface area contributed by atoms with Crippen LogP contribution in [0.4, 0.5) is 4.39 Å². The Morgan fingerprint density at radius 2 is 2.05 bits per heavy atom. The summed E-state index contributed by atoms with van der Waals surface area (Å²) in [6.07, 6.45) is 3.12. The molecule has 1 aliphatic carbocycles. The summed E-state index contributed by atoms with van der Waals surface area (Å²) in [4.78, 5) is 0. The fourth-order valence-corrected chi connectivity index (χ4v) is 2.79. The minimum atomic E-state index is -0.259. The number of nitrogens with two attached hydrogens (primary N) is 1. The monoisotopic (exact) mass is 265 g/mol. The predicted octanol–water partition coefficient (Wildman–Crippen LogP) is 3.66. The number of ether oxygens (including phenoxy) is 1. The van der Waals surface area contributed by atoms with Gasteiger partial charge in [-0.05, 0) is 49.7 Å². The van der Waals surface area contributed by atoms with Crippen molar-refractivity contribution in [3.8, 4) is 5.75 Å². The standard InChI is InChI=1S/C16H24FNO/c1-10(2)12-5-7-14(18)16(8-12)19-15-9-13(17)6-4-11(15)3/h4,6,9-10,12,14,16H,5,7-8,18H2,1-3H3. The topological polar surface area (TPSA) is 35.2 Å². The molecule has 0 radical (unpaired) electrons. The van der Waals surface area contributed by atoms with Crippen molar-refractivity contribution in [2.75, 3.05) is 0 Å². The maximum absolute atomic E-state index is 13.3. The van der Waals surface area contributed by atoms with E-state index in [0.717, 1.165) is 18.4 Å². The molecule has 3 atom stereocenters. The summed E-state index contributed by atoms with van der Waals surface area (Å²) < 4.78 is 19.3. The molecule has 0 spiro atoms. The molecule has 0 bridgehead atoms. The summed E-state index contributed by atoms with van der Waals surface area (Å²) >= 11 is 0. The molecule has 1 aromatic carbocycles. The minimum Gasteiger partial charge on any atom is -0.488 e. The Labute approximate surface area is 115 Å². The molecule has 1 fully saturated rings. The quantitative estimate of drug-likeness (QED) is 0.905. The minimum absolute atomic E-state index is 0.00153. The summed E-state index contributed by atoms with van der Waals surface area (Å²) in [7, 11) is 0. The van der Waals surface area contributed by atoms with E-state index in [4.69, 9.17) is 10.5 Å². The number of rotatable bonds is 3. The number of benzene rings is 1. The molecule has 1 saturated carbocycles. The van der Waals surface area contributed by atoms with Crippen molar-refractivity contribution in [2.24, 2.45) is 17.6 Å². The van der Waals surface area contributed by atoms with Crippen LogP contribution in [0.3, 0.4) is 0 Å². The molecule has 106 valence electrons. The van der Waals surface area contributed by atoms with Crippen molar-refractivity contribution >= 4 is 0 Å². The van der Waals surface area contributed by atoms with Crippen molar-refractivity contribution in [1.82, 2.24) is 0 Å². The average Bonchev–Trinajstić information content (AvgIpc) is 2.36. The Morgan fingerprint density at radius 1 is 1.32 bits per heavy atom. The summed E-state index contributed by atoms with van der Waals surface area (Å²) in [6, 6.07) is 4.72. The molecule has 0 saturated heterocycles. The van der Waals surface area contributed by atoms with Gasteiger partial charge in [-0.25, -0.2) is 4.39 Å². The number of halogens is 1. The van der Waals surface area contributed by atoms with E-state index in [-0.39, 0.29) is 18.0 Å². The summed E-state index contributed by atoms with van der Waals surface area (Å²) in [5.74, 6) is 1.67. The molecule has 19 heavy (non-hydrogen) atoms. The van der Waals surface area contributed by atoms with Gasteiger partial charge in [-0.1, -0.05) is 19.9 Å². The van der Waals surface area contributed by atoms with E-state index in [2.05, 4.69) is 13.8 Å². The fourth-order valence-electron chi connectivity index (χ4n) is 2.79. The Bertz CT molecular complexity index is 433. The lowest BCUT2D eigenvalue weighted by Crippen LogP contribution is -2.44. The van der Waals surface area contributed by atoms with Crippen molar-refractivity contribution in [1.29, 1.82) is 0 Å². The van der Waals surface area contributed by atoms with Crippen molar-refractivity contribution < 1.29 is 9.13 Å². The third-order valence-electron chi connectivity index (χ3n) is 4.25. The van der Waals surface area contributed by atoms with E-state index >= 15 is 0 Å². The molecule has 2 N–H and O–H groups in total. The van der Waals surface area contributed by atoms with E-state index in [1.165, 1.54) is 18.6 Å². The summed E-state index contributed by atoms with van der Waals surface area (Å²) in [6.45, 7) is 6.42. The molecule has 1 aromatic rings. The Hall–Kier alpha value is -1.09. The zero-order valence-electron chi connectivity index (χ0n) is 12.0. The first-order chi connectivity index (χ1) is 8.97. The molecule has 3 heteroatoms. The van der Waals surface area contributed by atoms with Crippen molar-refractivity contribution in [3.63, 3.8) is 0 Å². The predicted molar refractivity (Wildman–Crippen MR) is 75.7 cm³/mol. The van der Waals surface area contributed by atoms with Crippen LogP contribution in [0.15, 0.2) is 18.2 Å². The van der Waals surface area contributed by atoms with Gasteiger partial charge in [-0.2, -0.15) is 0 Å². The molecular formula is C16H24FNO. The Kier molecular flexibility index (Phi) is 4.46. The zero-order valence-corrected chi connectivity index (χ0v) is 12.0. The van der Waals surface area contributed by atoms with E-state index < -0.39 is 0 Å². The lowest BCUT2D eigenvalue weighted by atomic mass is 9.78. The van der Waals surface area contributed by atoms with E-state index in [0.29, 0.717) is 17.6 Å². The van der Waals surface area contributed by atoms with Crippen LogP contribution >= 0.6 is 0 Å². The van der Waals surface area contributed by atoms with Crippen LogP contribution in [-0.2, 0) is 0 Å². The van der Waals surface area contributed by atoms with Crippen LogP contribution < -0.4 is 10.5 Å². The lowest BCUT2D eigenvalue weighted by molar-refractivity contribution is 0.0859. The van der Waals surface area contributed by atoms with Gasteiger partial charge in [-0.15, -0.1) is 0 Å². The first-order valence-electron chi connectivity index (χ1n) is 7.15. The van der Waals surface area contributed by atoms with Gasteiger partial charge in [-0.3, -0.25) is 0 Å². The highest BCUT2D eigenvalue weighted by molar-refractivity contribution is 5.33. The molecule has 0 aromatic heterocycles. The average molecular weight is 265 g/mol. The van der Waals surface area contributed by atoms with E-state index in [9.17, 15) is 4.39 Å². The van der Waals surface area contributed by atoms with Crippen LogP contribution in [-0.4, -0.2) is 12.1 Å². The van der Waals surface area contributed by atoms with Crippen LogP contribution in [0.5, 0.6) is 5.75 Å². The molecule has 0 aliphatic heterocycles. The van der Waals surface area contributed by atoms with Gasteiger partial charge < -0.3 is 10.5 Å². The maximum Gasteiger partial charge on any atom is 0.126 e. The van der Waals surface area contributed by atoms with Gasteiger partial charge in [0.1, 0.15) is 17.7 Å². The van der Waals surface area contributed by atoms with Gasteiger partial charge in [0, 0.05) is 12.1 Å². The van der Waals surface area contributed by atoms with Gasteiger partial charge in [0.25, 0.3) is 0 Å². The maximum atomic E-state index is 13.3. The second-order valence-corrected chi connectivity index (χ2v) is 6.05. The van der Waals surface area contributed by atoms with E-state index in [1.54, 1.807) is 6.07 Å². The van der Waals surface area contributed by atoms with Gasteiger partial charge in [0.15, 0.2) is 0 Å². The molecule has 0 amide bonds. The van der Waals surface area contributed by atoms with Gasteiger partial charge >= 0.3 is 0 Å². The number of aryl methyl sites for hydroxylation is 1. The lowest BCUT2D eigenvalue weighted by Gasteiger charge is -2.36. The highest BCUT2D eigenvalue weighted by Gasteiger charge is 2.31. The fraction of sp³-hybridized carbons (Fsp3) is 0.625. The third-order valence-corrected chi connectivity index (χ3v) is 4.25. The second-order valence-electron chi connectivity index (χ2n) is 6.05. The molecule has 0 heterocycles. The van der Waals surface area contributed by atoms with Crippen LogP contribution in [0.1, 0.15) is 38.7 Å². The molecule has 2 rings (SSSR count). The van der Waals surface area contributed by atoms with Gasteiger partial charge in [0.2, 0.25) is 0 Å². The largest absolute Gasteiger partial charge is 0.488 e. The molecule has 2 nitrogen and oxygen atoms in total. The van der Waals surface area contributed by atoms with Crippen molar-refractivity contribution in [2.45, 2.75) is 52.2 Å². The smallest absolute Gasteiger partial charge is 0.126 e. The first kappa shape index (κ1) is 14.3. The Morgan fingerprint density at radius 3 is 2.74 bits per heavy atom. The summed E-state index contributed by atoms with van der Waals surface area (Å²) in [5.41, 5.74) is 7.12. The van der Waals surface area contributed by atoms with Crippen LogP contribution in [0.25, 0.3) is 0 Å². The zero-order chi connectivity index (χ0) is 14.0. The Balaban J connectivity index is 2.09. The van der Waals surface area contributed by atoms with Crippen molar-refractivity contribution in [3.05, 3.63) is 29.6 Å². The highest BCUT2D eigenvalue weighted by Crippen LogP contribution is 2.32. The number of hydrogen-bond acceptors (Lipinski definition) is 2.